The Hall–Kier alpha value is -1.18. The zero-order valence-electron chi connectivity index (χ0n) is 10.7. The normalized spacial score (nSPS) is 22.6. The molecule has 2 aromatic heterocycles. The Morgan fingerprint density at radius 2 is 2.26 bits per heavy atom. The van der Waals surface area contributed by atoms with Crippen LogP contribution in [0.2, 0.25) is 0 Å². The number of nitrogens with zero attached hydrogens (tertiary/aromatic N) is 1. The van der Waals surface area contributed by atoms with E-state index in [0.717, 1.165) is 6.42 Å². The van der Waals surface area contributed by atoms with E-state index in [9.17, 15) is 8.42 Å². The molecule has 1 saturated carbocycles. The van der Waals surface area contributed by atoms with Crippen LogP contribution in [0.5, 0.6) is 0 Å². The molecule has 2 unspecified atom stereocenters. The van der Waals surface area contributed by atoms with Crippen LogP contribution in [0.15, 0.2) is 22.4 Å². The van der Waals surface area contributed by atoms with E-state index in [4.69, 9.17) is 0 Å². The zero-order valence-corrected chi connectivity index (χ0v) is 12.3. The van der Waals surface area contributed by atoms with Crippen LogP contribution in [-0.4, -0.2) is 24.7 Å². The maximum atomic E-state index is 12.3. The van der Waals surface area contributed by atoms with Crippen molar-refractivity contribution < 1.29 is 8.42 Å². The van der Waals surface area contributed by atoms with Gasteiger partial charge in [0, 0.05) is 16.8 Å². The van der Waals surface area contributed by atoms with Crippen molar-refractivity contribution in [3.63, 3.8) is 0 Å². The smallest absolute Gasteiger partial charge is 0.244 e. The van der Waals surface area contributed by atoms with E-state index in [1.54, 1.807) is 25.2 Å². The maximum Gasteiger partial charge on any atom is 0.244 e. The van der Waals surface area contributed by atoms with Crippen LogP contribution in [0.3, 0.4) is 0 Å². The van der Waals surface area contributed by atoms with Gasteiger partial charge in [-0.05, 0) is 31.7 Å². The Kier molecular flexibility index (Phi) is 2.99. The number of aromatic nitrogens is 2. The summed E-state index contributed by atoms with van der Waals surface area (Å²) in [5, 5.41) is 8.66. The number of hydrogen-bond acceptors (Lipinski definition) is 4. The van der Waals surface area contributed by atoms with E-state index in [-0.39, 0.29) is 10.9 Å². The minimum atomic E-state index is -3.48. The van der Waals surface area contributed by atoms with Crippen molar-refractivity contribution >= 4 is 21.4 Å². The van der Waals surface area contributed by atoms with Gasteiger partial charge in [-0.1, -0.05) is 6.07 Å². The Balaban J connectivity index is 1.78. The molecular formula is C12H15N3O2S2. The van der Waals surface area contributed by atoms with E-state index in [1.807, 2.05) is 11.4 Å². The van der Waals surface area contributed by atoms with Crippen LogP contribution in [0.1, 0.15) is 28.6 Å². The van der Waals surface area contributed by atoms with Gasteiger partial charge >= 0.3 is 0 Å². The van der Waals surface area contributed by atoms with Gasteiger partial charge in [0.15, 0.2) is 0 Å². The van der Waals surface area contributed by atoms with Crippen LogP contribution in [0.4, 0.5) is 0 Å². The number of thiophene rings is 1. The first-order chi connectivity index (χ1) is 8.99. The van der Waals surface area contributed by atoms with E-state index in [2.05, 4.69) is 21.0 Å². The molecule has 3 rings (SSSR count). The largest absolute Gasteiger partial charge is 0.281 e. The SMILES string of the molecule is Cc1n[nH]c(C)c1S(=O)(=O)NC1CC1c1cccs1. The maximum absolute atomic E-state index is 12.3. The van der Waals surface area contributed by atoms with Gasteiger partial charge in [0.2, 0.25) is 10.0 Å². The van der Waals surface area contributed by atoms with Crippen molar-refractivity contribution in [1.29, 1.82) is 0 Å². The molecule has 2 aromatic rings. The van der Waals surface area contributed by atoms with Crippen LogP contribution < -0.4 is 4.72 Å². The molecule has 0 spiro atoms. The number of H-pyrrole nitrogens is 1. The minimum Gasteiger partial charge on any atom is -0.281 e. The van der Waals surface area contributed by atoms with E-state index >= 15 is 0 Å². The third kappa shape index (κ3) is 2.33. The fourth-order valence-corrected chi connectivity index (χ4v) is 4.90. The molecule has 2 heterocycles. The molecule has 0 saturated heterocycles. The second kappa shape index (κ2) is 4.43. The highest BCUT2D eigenvalue weighted by Crippen LogP contribution is 2.43. The zero-order chi connectivity index (χ0) is 13.6. The Bertz CT molecular complexity index is 669. The summed E-state index contributed by atoms with van der Waals surface area (Å²) < 4.78 is 27.4. The highest BCUT2D eigenvalue weighted by molar-refractivity contribution is 7.89. The molecule has 0 amide bonds. The van der Waals surface area contributed by atoms with Crippen molar-refractivity contribution in [2.75, 3.05) is 0 Å². The predicted octanol–water partition coefficient (Wildman–Crippen LogP) is 1.92. The topological polar surface area (TPSA) is 74.8 Å². The third-order valence-corrected chi connectivity index (χ3v) is 6.09. The first kappa shape index (κ1) is 12.8. The molecule has 7 heteroatoms. The molecule has 2 atom stereocenters. The van der Waals surface area contributed by atoms with Gasteiger partial charge in [0.25, 0.3) is 0 Å². The lowest BCUT2D eigenvalue weighted by Crippen LogP contribution is -2.27. The minimum absolute atomic E-state index is 0.0114. The average Bonchev–Trinajstić information content (AvgIpc) is 2.78. The third-order valence-electron chi connectivity index (χ3n) is 3.33. The Morgan fingerprint density at radius 1 is 1.47 bits per heavy atom. The highest BCUT2D eigenvalue weighted by Gasteiger charge is 2.42. The number of nitrogens with one attached hydrogen (secondary N) is 2. The molecule has 0 aliphatic heterocycles. The summed E-state index contributed by atoms with van der Waals surface area (Å²) in [7, 11) is -3.48. The molecule has 102 valence electrons. The number of hydrogen-bond donors (Lipinski definition) is 2. The van der Waals surface area contributed by atoms with Crippen LogP contribution in [0.25, 0.3) is 0 Å². The van der Waals surface area contributed by atoms with E-state index < -0.39 is 10.0 Å². The fourth-order valence-electron chi connectivity index (χ4n) is 2.34. The van der Waals surface area contributed by atoms with Crippen molar-refractivity contribution in [3.05, 3.63) is 33.8 Å². The van der Waals surface area contributed by atoms with Gasteiger partial charge in [0.1, 0.15) is 4.90 Å². The lowest BCUT2D eigenvalue weighted by atomic mass is 10.3. The summed E-state index contributed by atoms with van der Waals surface area (Å²) >= 11 is 1.67. The van der Waals surface area contributed by atoms with Crippen molar-refractivity contribution in [1.82, 2.24) is 14.9 Å². The lowest BCUT2D eigenvalue weighted by Gasteiger charge is -2.06. The van der Waals surface area contributed by atoms with Crippen LogP contribution in [-0.2, 0) is 10.0 Å². The summed E-state index contributed by atoms with van der Waals surface area (Å²) in [5.41, 5.74) is 1.09. The molecule has 0 bridgehead atoms. The van der Waals surface area contributed by atoms with Crippen LogP contribution in [0, 0.1) is 13.8 Å². The summed E-state index contributed by atoms with van der Waals surface area (Å²) in [6.45, 7) is 3.42. The average molecular weight is 297 g/mol. The Morgan fingerprint density at radius 3 is 2.84 bits per heavy atom. The summed E-state index contributed by atoms with van der Waals surface area (Å²) in [5.74, 6) is 0.322. The molecule has 0 aromatic carbocycles. The quantitative estimate of drug-likeness (QED) is 0.905. The molecule has 5 nitrogen and oxygen atoms in total. The number of rotatable bonds is 4. The van der Waals surface area contributed by atoms with Gasteiger partial charge < -0.3 is 0 Å². The van der Waals surface area contributed by atoms with E-state index in [0.29, 0.717) is 17.3 Å². The van der Waals surface area contributed by atoms with Crippen LogP contribution >= 0.6 is 11.3 Å². The molecule has 19 heavy (non-hydrogen) atoms. The van der Waals surface area contributed by atoms with Crippen molar-refractivity contribution in [2.45, 2.75) is 37.1 Å². The molecule has 1 aliphatic rings. The summed E-state index contributed by atoms with van der Waals surface area (Å²) in [4.78, 5) is 1.53. The van der Waals surface area contributed by atoms with Gasteiger partial charge in [-0.3, -0.25) is 5.10 Å². The highest BCUT2D eigenvalue weighted by atomic mass is 32.2. The van der Waals surface area contributed by atoms with Gasteiger partial charge in [-0.25, -0.2) is 13.1 Å². The lowest BCUT2D eigenvalue weighted by molar-refractivity contribution is 0.579. The second-order valence-corrected chi connectivity index (χ2v) is 7.48. The standard InChI is InChI=1S/C12H15N3O2S2/c1-7-12(8(2)14-13-7)19(16,17)15-10-6-9(10)11-4-3-5-18-11/h3-5,9-10,15H,6H2,1-2H3,(H,13,14). The first-order valence-corrected chi connectivity index (χ1v) is 8.42. The van der Waals surface area contributed by atoms with E-state index in [1.165, 1.54) is 4.88 Å². The van der Waals surface area contributed by atoms with Crippen molar-refractivity contribution in [3.8, 4) is 0 Å². The Labute approximate surface area is 116 Å². The summed E-state index contributed by atoms with van der Waals surface area (Å²) in [6.07, 6.45) is 0.871. The van der Waals surface area contributed by atoms with Gasteiger partial charge in [0.05, 0.1) is 11.4 Å². The molecule has 0 radical (unpaired) electrons. The summed E-state index contributed by atoms with van der Waals surface area (Å²) in [6, 6.07) is 4.06. The fraction of sp³-hybridized carbons (Fsp3) is 0.417. The number of aryl methyl sites for hydroxylation is 2. The molecule has 2 N–H and O–H groups in total. The van der Waals surface area contributed by atoms with Gasteiger partial charge in [-0.2, -0.15) is 5.10 Å². The van der Waals surface area contributed by atoms with Crippen molar-refractivity contribution in [2.24, 2.45) is 0 Å². The number of aromatic amines is 1. The second-order valence-electron chi connectivity index (χ2n) is 4.85. The molecule has 1 aliphatic carbocycles. The molecule has 1 fully saturated rings. The first-order valence-electron chi connectivity index (χ1n) is 6.06. The number of sulfonamides is 1. The molecular weight excluding hydrogens is 282 g/mol. The predicted molar refractivity (Wildman–Crippen MR) is 73.8 cm³/mol. The van der Waals surface area contributed by atoms with Gasteiger partial charge in [-0.15, -0.1) is 11.3 Å². The monoisotopic (exact) mass is 297 g/mol.